The van der Waals surface area contributed by atoms with Crippen LogP contribution in [-0.2, 0) is 16.0 Å². The molecule has 1 atom stereocenters. The highest BCUT2D eigenvalue weighted by atomic mass is 16.2. The molecule has 24 heavy (non-hydrogen) atoms. The highest BCUT2D eigenvalue weighted by Gasteiger charge is 2.31. The zero-order valence-electron chi connectivity index (χ0n) is 15.0. The Morgan fingerprint density at radius 3 is 2.75 bits per heavy atom. The van der Waals surface area contributed by atoms with Crippen molar-refractivity contribution in [2.45, 2.75) is 58.9 Å². The quantitative estimate of drug-likeness (QED) is 0.835. The van der Waals surface area contributed by atoms with E-state index in [1.165, 1.54) is 0 Å². The number of piperidine rings is 1. The van der Waals surface area contributed by atoms with Crippen molar-refractivity contribution in [2.75, 3.05) is 13.1 Å². The van der Waals surface area contributed by atoms with Gasteiger partial charge in [-0.15, -0.1) is 0 Å². The molecule has 0 aliphatic carbocycles. The Kier molecular flexibility index (Phi) is 6.76. The number of carbonyl (C=O) groups excluding carboxylic acids is 2. The van der Waals surface area contributed by atoms with Crippen molar-refractivity contribution >= 4 is 11.8 Å². The third kappa shape index (κ3) is 5.32. The minimum Gasteiger partial charge on any atom is -0.354 e. The van der Waals surface area contributed by atoms with Gasteiger partial charge >= 0.3 is 0 Å². The van der Waals surface area contributed by atoms with Crippen LogP contribution in [0.1, 0.15) is 50.8 Å². The van der Waals surface area contributed by atoms with E-state index in [2.05, 4.69) is 24.1 Å². The van der Waals surface area contributed by atoms with Crippen LogP contribution in [0.2, 0.25) is 0 Å². The van der Waals surface area contributed by atoms with Crippen molar-refractivity contribution in [1.29, 1.82) is 0 Å². The Labute approximate surface area is 144 Å². The molecule has 1 saturated heterocycles. The Hall–Kier alpha value is -1.91. The molecule has 132 valence electrons. The highest BCUT2D eigenvalue weighted by Crippen LogP contribution is 2.19. The summed E-state index contributed by atoms with van der Waals surface area (Å²) in [5.74, 6) is 0.459. The fourth-order valence-corrected chi connectivity index (χ4v) is 3.07. The zero-order chi connectivity index (χ0) is 17.5. The second-order valence-corrected chi connectivity index (χ2v) is 7.04. The van der Waals surface area contributed by atoms with Gasteiger partial charge in [0.25, 0.3) is 0 Å². The number of aromatic nitrogens is 1. The van der Waals surface area contributed by atoms with Crippen LogP contribution in [-0.4, -0.2) is 40.8 Å². The van der Waals surface area contributed by atoms with Gasteiger partial charge in [0, 0.05) is 31.4 Å². The van der Waals surface area contributed by atoms with Crippen molar-refractivity contribution in [3.8, 4) is 0 Å². The monoisotopic (exact) mass is 331 g/mol. The van der Waals surface area contributed by atoms with Gasteiger partial charge in [0.1, 0.15) is 6.04 Å². The molecular weight excluding hydrogens is 302 g/mol. The van der Waals surface area contributed by atoms with Gasteiger partial charge in [-0.05, 0) is 50.2 Å². The molecule has 1 fully saturated rings. The van der Waals surface area contributed by atoms with Crippen molar-refractivity contribution in [3.05, 3.63) is 29.6 Å². The minimum absolute atomic E-state index is 0.0287. The SMILES string of the molecule is Cc1ccc(CCNC(=O)[C@@H](CC(C)C)N2CCCCC2=O)cn1. The molecule has 0 bridgehead atoms. The molecule has 1 N–H and O–H groups in total. The normalized spacial score (nSPS) is 16.3. The van der Waals surface area contributed by atoms with E-state index in [0.717, 1.165) is 30.5 Å². The van der Waals surface area contributed by atoms with Gasteiger partial charge in [0.05, 0.1) is 0 Å². The minimum atomic E-state index is -0.339. The molecule has 5 nitrogen and oxygen atoms in total. The number of hydrogen-bond donors (Lipinski definition) is 1. The lowest BCUT2D eigenvalue weighted by molar-refractivity contribution is -0.143. The molecule has 0 spiro atoms. The molecule has 0 unspecified atom stereocenters. The van der Waals surface area contributed by atoms with Crippen molar-refractivity contribution in [1.82, 2.24) is 15.2 Å². The van der Waals surface area contributed by atoms with E-state index in [1.807, 2.05) is 25.3 Å². The number of amides is 2. The van der Waals surface area contributed by atoms with E-state index in [9.17, 15) is 9.59 Å². The van der Waals surface area contributed by atoms with Gasteiger partial charge in [-0.1, -0.05) is 19.9 Å². The lowest BCUT2D eigenvalue weighted by Gasteiger charge is -2.34. The van der Waals surface area contributed by atoms with E-state index in [-0.39, 0.29) is 17.9 Å². The number of nitrogens with zero attached hydrogens (tertiary/aromatic N) is 2. The summed E-state index contributed by atoms with van der Waals surface area (Å²) in [6.07, 6.45) is 5.80. The first-order chi connectivity index (χ1) is 11.5. The maximum atomic E-state index is 12.6. The van der Waals surface area contributed by atoms with E-state index in [4.69, 9.17) is 0 Å². The smallest absolute Gasteiger partial charge is 0.242 e. The second kappa shape index (κ2) is 8.81. The fraction of sp³-hybridized carbons (Fsp3) is 0.632. The molecule has 2 rings (SSSR count). The molecule has 1 aliphatic heterocycles. The number of carbonyl (C=O) groups is 2. The maximum absolute atomic E-state index is 12.6. The van der Waals surface area contributed by atoms with Gasteiger partial charge in [-0.2, -0.15) is 0 Å². The summed E-state index contributed by atoms with van der Waals surface area (Å²) in [6, 6.07) is 3.67. The summed E-state index contributed by atoms with van der Waals surface area (Å²) < 4.78 is 0. The van der Waals surface area contributed by atoms with Crippen LogP contribution in [0.15, 0.2) is 18.3 Å². The molecule has 0 radical (unpaired) electrons. The maximum Gasteiger partial charge on any atom is 0.242 e. The molecule has 1 aromatic rings. The largest absolute Gasteiger partial charge is 0.354 e. The Bertz CT molecular complexity index is 554. The lowest BCUT2D eigenvalue weighted by atomic mass is 9.98. The van der Waals surface area contributed by atoms with Crippen LogP contribution in [0.5, 0.6) is 0 Å². The van der Waals surface area contributed by atoms with Gasteiger partial charge in [-0.25, -0.2) is 0 Å². The average Bonchev–Trinajstić information content (AvgIpc) is 2.55. The summed E-state index contributed by atoms with van der Waals surface area (Å²) in [7, 11) is 0. The molecule has 0 aromatic carbocycles. The molecule has 1 aromatic heterocycles. The van der Waals surface area contributed by atoms with E-state index < -0.39 is 0 Å². The zero-order valence-corrected chi connectivity index (χ0v) is 15.0. The highest BCUT2D eigenvalue weighted by molar-refractivity contribution is 5.88. The first-order valence-corrected chi connectivity index (χ1v) is 8.96. The number of aryl methyl sites for hydroxylation is 1. The van der Waals surface area contributed by atoms with Crippen molar-refractivity contribution < 1.29 is 9.59 Å². The summed E-state index contributed by atoms with van der Waals surface area (Å²) >= 11 is 0. The standard InChI is InChI=1S/C19H29N3O2/c1-14(2)12-17(22-11-5-4-6-18(22)23)19(24)20-10-9-16-8-7-15(3)21-13-16/h7-8,13-14,17H,4-6,9-12H2,1-3H3,(H,20,24)/t17-/m1/s1. The average molecular weight is 331 g/mol. The third-order valence-corrected chi connectivity index (χ3v) is 4.42. The van der Waals surface area contributed by atoms with Crippen molar-refractivity contribution in [3.63, 3.8) is 0 Å². The van der Waals surface area contributed by atoms with E-state index >= 15 is 0 Å². The van der Waals surface area contributed by atoms with Gasteiger partial charge in [0.15, 0.2) is 0 Å². The van der Waals surface area contributed by atoms with Crippen LogP contribution in [0, 0.1) is 12.8 Å². The molecule has 5 heteroatoms. The first kappa shape index (κ1) is 18.4. The Morgan fingerprint density at radius 1 is 1.33 bits per heavy atom. The lowest BCUT2D eigenvalue weighted by Crippen LogP contribution is -2.52. The summed E-state index contributed by atoms with van der Waals surface area (Å²) in [5.41, 5.74) is 2.10. The summed E-state index contributed by atoms with van der Waals surface area (Å²) in [6.45, 7) is 7.41. The number of likely N-dealkylation sites (tertiary alicyclic amines) is 1. The predicted molar refractivity (Wildman–Crippen MR) is 94.5 cm³/mol. The fourth-order valence-electron chi connectivity index (χ4n) is 3.07. The second-order valence-electron chi connectivity index (χ2n) is 7.04. The molecular formula is C19H29N3O2. The summed E-state index contributed by atoms with van der Waals surface area (Å²) in [5, 5.41) is 3.01. The van der Waals surface area contributed by atoms with Crippen LogP contribution in [0.25, 0.3) is 0 Å². The molecule has 2 amide bonds. The number of pyridine rings is 1. The third-order valence-electron chi connectivity index (χ3n) is 4.42. The van der Waals surface area contributed by atoms with Crippen LogP contribution < -0.4 is 5.32 Å². The topological polar surface area (TPSA) is 62.3 Å². The van der Waals surface area contributed by atoms with Crippen LogP contribution in [0.3, 0.4) is 0 Å². The van der Waals surface area contributed by atoms with E-state index in [1.54, 1.807) is 4.90 Å². The molecule has 2 heterocycles. The number of hydrogen-bond acceptors (Lipinski definition) is 3. The van der Waals surface area contributed by atoms with Gasteiger partial charge < -0.3 is 10.2 Å². The van der Waals surface area contributed by atoms with E-state index in [0.29, 0.717) is 31.8 Å². The van der Waals surface area contributed by atoms with Gasteiger partial charge in [0.2, 0.25) is 11.8 Å². The Morgan fingerprint density at radius 2 is 2.12 bits per heavy atom. The first-order valence-electron chi connectivity index (χ1n) is 8.96. The number of rotatable bonds is 7. The number of nitrogens with one attached hydrogen (secondary N) is 1. The van der Waals surface area contributed by atoms with Gasteiger partial charge in [-0.3, -0.25) is 14.6 Å². The van der Waals surface area contributed by atoms with Crippen LogP contribution in [0.4, 0.5) is 0 Å². The Balaban J connectivity index is 1.91. The molecule has 1 aliphatic rings. The predicted octanol–water partition coefficient (Wildman–Crippen LogP) is 2.48. The molecule has 0 saturated carbocycles. The summed E-state index contributed by atoms with van der Waals surface area (Å²) in [4.78, 5) is 30.9. The van der Waals surface area contributed by atoms with Crippen LogP contribution >= 0.6 is 0 Å². The van der Waals surface area contributed by atoms with Crippen molar-refractivity contribution in [2.24, 2.45) is 5.92 Å².